The average Bonchev–Trinajstić information content (AvgIpc) is 3.16. The van der Waals surface area contributed by atoms with E-state index in [0.717, 1.165) is 50.6 Å². The number of hydrogen-bond acceptors (Lipinski definition) is 4. The molecular weight excluding hydrogens is 450 g/mol. The van der Waals surface area contributed by atoms with Gasteiger partial charge in [-0.3, -0.25) is 4.79 Å². The Balaban J connectivity index is 1.78. The summed E-state index contributed by atoms with van der Waals surface area (Å²) in [5.74, 6) is -0.417. The van der Waals surface area contributed by atoms with E-state index in [4.69, 9.17) is 4.84 Å². The Morgan fingerprint density at radius 2 is 1.78 bits per heavy atom. The van der Waals surface area contributed by atoms with E-state index in [1.54, 1.807) is 0 Å². The van der Waals surface area contributed by atoms with E-state index in [1.807, 2.05) is 49.4 Å². The van der Waals surface area contributed by atoms with E-state index in [0.29, 0.717) is 16.6 Å². The number of ketones is 1. The van der Waals surface area contributed by atoms with Gasteiger partial charge in [0.05, 0.1) is 33.2 Å². The molecular formula is C30H32N3O3+. The van der Waals surface area contributed by atoms with Gasteiger partial charge in [0.25, 0.3) is 0 Å². The molecule has 3 aromatic carbocycles. The van der Waals surface area contributed by atoms with Crippen LogP contribution >= 0.6 is 0 Å². The molecule has 36 heavy (non-hydrogen) atoms. The molecule has 1 atom stereocenters. The standard InChI is InChI=1S/C30H32N3O3/c1-7-30(33(4,5)6)18-32-26-16-15-21(28(35)22-12-9-8-11-19(22)2)17-25(26)23-13-10-14-24(27(23)32)29(30)31-36-20(3)34/h8-17H,7,18H2,1-6H3/q+1/b31-29-. The highest BCUT2D eigenvalue weighted by molar-refractivity contribution is 6.22. The molecule has 0 fully saturated rings. The van der Waals surface area contributed by atoms with Crippen molar-refractivity contribution < 1.29 is 18.9 Å². The third-order valence-corrected chi connectivity index (χ3v) is 7.79. The van der Waals surface area contributed by atoms with Crippen LogP contribution in [0.4, 0.5) is 0 Å². The zero-order chi connectivity index (χ0) is 25.8. The fourth-order valence-corrected chi connectivity index (χ4v) is 5.75. The molecule has 0 N–H and O–H groups in total. The van der Waals surface area contributed by atoms with Crippen LogP contribution in [0.15, 0.2) is 65.8 Å². The topological polar surface area (TPSA) is 60.7 Å². The number of carbonyl (C=O) groups excluding carboxylic acids is 2. The summed E-state index contributed by atoms with van der Waals surface area (Å²) >= 11 is 0. The maximum atomic E-state index is 13.4. The third-order valence-electron chi connectivity index (χ3n) is 7.79. The Morgan fingerprint density at radius 1 is 1.03 bits per heavy atom. The van der Waals surface area contributed by atoms with Crippen LogP contribution < -0.4 is 0 Å². The molecule has 4 aromatic rings. The second kappa shape index (κ2) is 8.42. The predicted molar refractivity (Wildman–Crippen MR) is 143 cm³/mol. The van der Waals surface area contributed by atoms with Crippen molar-refractivity contribution >= 4 is 39.3 Å². The van der Waals surface area contributed by atoms with E-state index < -0.39 is 11.5 Å². The third kappa shape index (κ3) is 3.47. The van der Waals surface area contributed by atoms with Gasteiger partial charge in [-0.2, -0.15) is 0 Å². The lowest BCUT2D eigenvalue weighted by Crippen LogP contribution is -2.65. The van der Waals surface area contributed by atoms with Crippen LogP contribution in [0.5, 0.6) is 0 Å². The second-order valence-electron chi connectivity index (χ2n) is 10.6. The molecule has 0 aliphatic carbocycles. The first kappa shape index (κ1) is 23.9. The highest BCUT2D eigenvalue weighted by Gasteiger charge is 2.51. The van der Waals surface area contributed by atoms with Crippen molar-refractivity contribution in [3.05, 3.63) is 82.9 Å². The normalized spacial score (nSPS) is 18.7. The van der Waals surface area contributed by atoms with Crippen molar-refractivity contribution in [3.63, 3.8) is 0 Å². The summed E-state index contributed by atoms with van der Waals surface area (Å²) in [6, 6.07) is 19.9. The summed E-state index contributed by atoms with van der Waals surface area (Å²) in [6.07, 6.45) is 0.802. The molecule has 1 aliphatic heterocycles. The molecule has 0 saturated carbocycles. The summed E-state index contributed by atoms with van der Waals surface area (Å²) in [7, 11) is 6.47. The molecule has 1 unspecified atom stereocenters. The number of para-hydroxylation sites is 1. The number of nitrogens with zero attached hydrogens (tertiary/aromatic N) is 3. The van der Waals surface area contributed by atoms with Crippen LogP contribution in [0.2, 0.25) is 0 Å². The quantitative estimate of drug-likeness (QED) is 0.164. The monoisotopic (exact) mass is 482 g/mol. The van der Waals surface area contributed by atoms with Crippen LogP contribution in [0.25, 0.3) is 21.8 Å². The number of oxime groups is 1. The zero-order valence-corrected chi connectivity index (χ0v) is 21.8. The fourth-order valence-electron chi connectivity index (χ4n) is 5.75. The summed E-state index contributed by atoms with van der Waals surface area (Å²) in [4.78, 5) is 30.4. The summed E-state index contributed by atoms with van der Waals surface area (Å²) < 4.78 is 2.96. The lowest BCUT2D eigenvalue weighted by Gasteiger charge is -2.48. The number of benzene rings is 3. The molecule has 184 valence electrons. The lowest BCUT2D eigenvalue weighted by atomic mass is 9.80. The summed E-state index contributed by atoms with van der Waals surface area (Å²) in [6.45, 7) is 6.17. The van der Waals surface area contributed by atoms with E-state index in [2.05, 4.69) is 56.0 Å². The SMILES string of the molecule is CCC1([N+](C)(C)C)Cn2c3ccc(C(=O)c4ccccc4C)cc3c3cccc(c32)/C1=N/OC(C)=O. The van der Waals surface area contributed by atoms with Gasteiger partial charge in [0, 0.05) is 46.3 Å². The maximum Gasteiger partial charge on any atom is 0.331 e. The van der Waals surface area contributed by atoms with Gasteiger partial charge in [0.15, 0.2) is 17.0 Å². The van der Waals surface area contributed by atoms with Gasteiger partial charge in [-0.1, -0.05) is 54.5 Å². The first-order valence-electron chi connectivity index (χ1n) is 12.3. The predicted octanol–water partition coefficient (Wildman–Crippen LogP) is 5.47. The zero-order valence-electron chi connectivity index (χ0n) is 21.8. The second-order valence-corrected chi connectivity index (χ2v) is 10.6. The summed E-state index contributed by atoms with van der Waals surface area (Å²) in [5, 5.41) is 6.54. The number of quaternary nitrogens is 1. The van der Waals surface area contributed by atoms with Crippen LogP contribution in [-0.4, -0.2) is 53.2 Å². The van der Waals surface area contributed by atoms with Gasteiger partial charge in [-0.15, -0.1) is 0 Å². The van der Waals surface area contributed by atoms with Gasteiger partial charge < -0.3 is 13.9 Å². The smallest absolute Gasteiger partial charge is 0.331 e. The number of fused-ring (bicyclic) bond motifs is 3. The number of carbonyl (C=O) groups is 2. The maximum absolute atomic E-state index is 13.4. The number of aromatic nitrogens is 1. The molecule has 6 heteroatoms. The molecule has 0 spiro atoms. The number of likely N-dealkylation sites (N-methyl/N-ethyl adjacent to an activating group) is 1. The highest BCUT2D eigenvalue weighted by Crippen LogP contribution is 2.42. The first-order chi connectivity index (χ1) is 17.1. The van der Waals surface area contributed by atoms with Crippen molar-refractivity contribution in [2.45, 2.75) is 39.3 Å². The Hall–Kier alpha value is -3.77. The van der Waals surface area contributed by atoms with E-state index in [9.17, 15) is 9.59 Å². The van der Waals surface area contributed by atoms with Gasteiger partial charge >= 0.3 is 5.97 Å². The fraction of sp³-hybridized carbons (Fsp3) is 0.300. The lowest BCUT2D eigenvalue weighted by molar-refractivity contribution is -0.912. The molecule has 0 bridgehead atoms. The first-order valence-corrected chi connectivity index (χ1v) is 12.3. The van der Waals surface area contributed by atoms with E-state index in [-0.39, 0.29) is 5.78 Å². The minimum atomic E-state index is -0.438. The number of hydrogen-bond donors (Lipinski definition) is 0. The van der Waals surface area contributed by atoms with Gasteiger partial charge in [-0.05, 0) is 30.7 Å². The Morgan fingerprint density at radius 3 is 2.44 bits per heavy atom. The molecule has 0 radical (unpaired) electrons. The minimum Gasteiger partial charge on any atom is -0.333 e. The average molecular weight is 483 g/mol. The molecule has 6 nitrogen and oxygen atoms in total. The van der Waals surface area contributed by atoms with Crippen molar-refractivity contribution in [2.75, 3.05) is 21.1 Å². The van der Waals surface area contributed by atoms with Crippen LogP contribution in [0.1, 0.15) is 47.3 Å². The minimum absolute atomic E-state index is 0.0216. The Kier molecular flexibility index (Phi) is 5.60. The Labute approximate surface area is 211 Å². The molecule has 0 saturated heterocycles. The van der Waals surface area contributed by atoms with E-state index >= 15 is 0 Å². The van der Waals surface area contributed by atoms with E-state index in [1.165, 1.54) is 6.92 Å². The van der Waals surface area contributed by atoms with Crippen LogP contribution in [0.3, 0.4) is 0 Å². The van der Waals surface area contributed by atoms with Gasteiger partial charge in [0.2, 0.25) is 0 Å². The van der Waals surface area contributed by atoms with Crippen LogP contribution in [-0.2, 0) is 16.2 Å². The highest BCUT2D eigenvalue weighted by atomic mass is 16.7. The molecule has 1 aromatic heterocycles. The number of rotatable bonds is 5. The van der Waals surface area contributed by atoms with Crippen LogP contribution in [0, 0.1) is 6.92 Å². The number of aryl methyl sites for hydroxylation is 1. The van der Waals surface area contributed by atoms with Crippen molar-refractivity contribution in [1.29, 1.82) is 0 Å². The molecule has 1 aliphatic rings. The Bertz CT molecular complexity index is 1570. The molecule has 0 amide bonds. The summed E-state index contributed by atoms with van der Waals surface area (Å²) in [5.41, 5.74) is 5.81. The van der Waals surface area contributed by atoms with Crippen molar-refractivity contribution in [2.24, 2.45) is 5.16 Å². The van der Waals surface area contributed by atoms with Crippen molar-refractivity contribution in [3.8, 4) is 0 Å². The van der Waals surface area contributed by atoms with Crippen molar-refractivity contribution in [1.82, 2.24) is 4.57 Å². The largest absolute Gasteiger partial charge is 0.333 e. The molecule has 5 rings (SSSR count). The molecule has 2 heterocycles. The van der Waals surface area contributed by atoms with Gasteiger partial charge in [0.1, 0.15) is 0 Å². The van der Waals surface area contributed by atoms with Gasteiger partial charge in [-0.25, -0.2) is 4.79 Å².